The highest BCUT2D eigenvalue weighted by Gasteiger charge is 2.27. The molecule has 0 fully saturated rings. The maximum Gasteiger partial charge on any atom is 0.407 e. The first-order chi connectivity index (χ1) is 33.3. The number of amides is 6. The number of nitrogens with one attached hydrogen (secondary N) is 7. The van der Waals surface area contributed by atoms with Gasteiger partial charge in [0.1, 0.15) is 18.7 Å². The molecule has 69 heavy (non-hydrogen) atoms. The van der Waals surface area contributed by atoms with Gasteiger partial charge in [-0.2, -0.15) is 5.11 Å². The molecular formula is C45H78N10O14. The molecule has 0 spiro atoms. The van der Waals surface area contributed by atoms with Crippen LogP contribution in [0.3, 0.4) is 0 Å². The van der Waals surface area contributed by atoms with E-state index in [0.717, 1.165) is 13.0 Å². The highest BCUT2D eigenvalue weighted by Crippen LogP contribution is 2.13. The van der Waals surface area contributed by atoms with Crippen LogP contribution >= 0.6 is 0 Å². The Balaban J connectivity index is 2.35. The number of rotatable bonds is 43. The van der Waals surface area contributed by atoms with E-state index in [2.05, 4.69) is 49.1 Å². The summed E-state index contributed by atoms with van der Waals surface area (Å²) in [5, 5.41) is 23.3. The van der Waals surface area contributed by atoms with Crippen molar-refractivity contribution < 1.29 is 66.7 Å². The Kier molecular flexibility index (Phi) is 37.0. The number of anilines is 1. The first-order valence-corrected chi connectivity index (χ1v) is 23.2. The fourth-order valence-electron chi connectivity index (χ4n) is 5.50. The summed E-state index contributed by atoms with van der Waals surface area (Å²) in [4.78, 5) is 67.9. The van der Waals surface area contributed by atoms with Gasteiger partial charge in [0.15, 0.2) is 6.61 Å². The Morgan fingerprint density at radius 3 is 1.77 bits per heavy atom. The molecule has 2 atom stereocenters. The lowest BCUT2D eigenvalue weighted by molar-refractivity contribution is -0.133. The zero-order valence-electron chi connectivity index (χ0n) is 41.1. The Labute approximate surface area is 406 Å². The van der Waals surface area contributed by atoms with Gasteiger partial charge in [0.25, 0.3) is 5.91 Å². The van der Waals surface area contributed by atoms with E-state index < -0.39 is 41.9 Å². The zero-order chi connectivity index (χ0) is 50.7. The van der Waals surface area contributed by atoms with Crippen LogP contribution in [0.5, 0.6) is 0 Å². The minimum Gasteiger partial charge on any atom is -0.445 e. The van der Waals surface area contributed by atoms with Gasteiger partial charge in [0, 0.05) is 31.6 Å². The second-order valence-electron chi connectivity index (χ2n) is 15.7. The molecule has 0 radical (unpaired) electrons. The molecule has 0 aliphatic carbocycles. The van der Waals surface area contributed by atoms with E-state index in [1.807, 2.05) is 13.8 Å². The fraction of sp³-hybridized carbons (Fsp3) is 0.689. The molecule has 24 heteroatoms. The molecule has 0 aromatic heterocycles. The molecule has 392 valence electrons. The van der Waals surface area contributed by atoms with Crippen LogP contribution in [0.2, 0.25) is 0 Å². The van der Waals surface area contributed by atoms with Gasteiger partial charge in [-0.15, -0.1) is 0 Å². The second-order valence-corrected chi connectivity index (χ2v) is 15.7. The van der Waals surface area contributed by atoms with Gasteiger partial charge in [-0.3, -0.25) is 14.4 Å². The van der Waals surface area contributed by atoms with Gasteiger partial charge in [-0.1, -0.05) is 38.1 Å². The minimum absolute atomic E-state index is 0.0232. The van der Waals surface area contributed by atoms with E-state index in [4.69, 9.17) is 54.0 Å². The number of primary amides is 1. The van der Waals surface area contributed by atoms with Gasteiger partial charge in [-0.05, 0) is 63.1 Å². The van der Waals surface area contributed by atoms with Gasteiger partial charge in [0.2, 0.25) is 11.8 Å². The molecule has 9 N–H and O–H groups in total. The van der Waals surface area contributed by atoms with E-state index in [1.165, 1.54) is 6.20 Å². The van der Waals surface area contributed by atoms with Crippen LogP contribution in [-0.4, -0.2) is 166 Å². The monoisotopic (exact) mass is 983 g/mol. The summed E-state index contributed by atoms with van der Waals surface area (Å²) >= 11 is 0. The van der Waals surface area contributed by atoms with Crippen molar-refractivity contribution in [3.05, 3.63) is 41.7 Å². The van der Waals surface area contributed by atoms with E-state index in [0.29, 0.717) is 122 Å². The lowest BCUT2D eigenvalue weighted by Gasteiger charge is -2.24. The van der Waals surface area contributed by atoms with Crippen LogP contribution in [0.25, 0.3) is 0 Å². The normalized spacial score (nSPS) is 12.1. The molecule has 24 nitrogen and oxygen atoms in total. The molecular weight excluding hydrogens is 905 g/mol. The largest absolute Gasteiger partial charge is 0.445 e. The molecule has 0 aliphatic rings. The highest BCUT2D eigenvalue weighted by atomic mass is 16.6. The third-order valence-corrected chi connectivity index (χ3v) is 8.79. The van der Waals surface area contributed by atoms with Gasteiger partial charge in [0.05, 0.1) is 104 Å². The molecule has 0 unspecified atom stereocenters. The number of hydrogen-bond acceptors (Lipinski definition) is 18. The average molecular weight is 983 g/mol. The smallest absolute Gasteiger partial charge is 0.407 e. The van der Waals surface area contributed by atoms with Crippen molar-refractivity contribution in [3.63, 3.8) is 0 Å². The van der Waals surface area contributed by atoms with E-state index >= 15 is 0 Å². The third-order valence-electron chi connectivity index (χ3n) is 8.79. The van der Waals surface area contributed by atoms with Crippen LogP contribution in [-0.2, 0) is 63.7 Å². The standard InChI is InChI=1S/C45H78N10O14/c1-6-15-61-17-19-63-21-23-65-25-27-67-28-26-66-24-22-64-20-18-62-16-14-48-30-38(54-47)31-50-45(60)68-32-36-9-11-37(12-10-36)51-42(57)39(8-7-13-49-44(46)59)53-43(58)40(29-34(2)3)52-41(56)33-69-55-35(4)5/h9-12,30,34,39-40,47-48H,6-8,13-29,31-33H2,1-5H3,(H,50,60)(H,51,57)(H,52,56)(H,53,58)(H3,46,49,59)/b38-30-,54-47?/t39-,40-/m0/s1. The number of carbonyl (C=O) groups excluding carboxylic acids is 5. The summed E-state index contributed by atoms with van der Waals surface area (Å²) in [6.07, 6.45) is 2.49. The number of oxime groups is 1. The van der Waals surface area contributed by atoms with Crippen molar-refractivity contribution in [2.45, 2.75) is 79.0 Å². The van der Waals surface area contributed by atoms with Crippen molar-refractivity contribution >= 4 is 41.2 Å². The quantitative estimate of drug-likeness (QED) is 0.0202. The Morgan fingerprint density at radius 1 is 0.710 bits per heavy atom. The van der Waals surface area contributed by atoms with Crippen molar-refractivity contribution in [2.24, 2.45) is 21.9 Å². The zero-order valence-corrected chi connectivity index (χ0v) is 41.1. The maximum absolute atomic E-state index is 13.5. The Hall–Kier alpha value is -5.50. The second kappa shape index (κ2) is 41.5. The molecule has 0 saturated heterocycles. The fourth-order valence-corrected chi connectivity index (χ4v) is 5.50. The van der Waals surface area contributed by atoms with Crippen LogP contribution in [0, 0.1) is 11.4 Å². The number of alkyl carbamates (subject to hydrolysis) is 1. The number of nitrogens with zero attached hydrogens (tertiary/aromatic N) is 2. The molecule has 6 amide bonds. The SMILES string of the molecule is CCCOCCOCCOCCOCCOCCOCCOCCN/C=C(/CNC(=O)OCc1ccc(NC(=O)[C@H](CCCNC(N)=O)NC(=O)[C@H](CC(C)C)NC(=O)CON=C(C)C)cc1)N=N. The number of carbonyl (C=O) groups is 5. The van der Waals surface area contributed by atoms with Crippen molar-refractivity contribution in [1.29, 1.82) is 5.53 Å². The lowest BCUT2D eigenvalue weighted by Crippen LogP contribution is -2.53. The van der Waals surface area contributed by atoms with Gasteiger partial charge >= 0.3 is 12.1 Å². The first-order valence-electron chi connectivity index (χ1n) is 23.2. The number of hydrogen-bond donors (Lipinski definition) is 8. The molecule has 0 aliphatic heterocycles. The molecule has 1 aromatic rings. The number of benzene rings is 1. The Bertz CT molecular complexity index is 1630. The third kappa shape index (κ3) is 36.2. The minimum atomic E-state index is -1.04. The summed E-state index contributed by atoms with van der Waals surface area (Å²) in [7, 11) is 0. The Morgan fingerprint density at radius 2 is 1.26 bits per heavy atom. The average Bonchev–Trinajstić information content (AvgIpc) is 3.31. The molecule has 1 rings (SSSR count). The number of ether oxygens (including phenoxy) is 8. The van der Waals surface area contributed by atoms with E-state index in [9.17, 15) is 24.0 Å². The van der Waals surface area contributed by atoms with Crippen LogP contribution in [0.1, 0.15) is 65.9 Å². The number of nitrogens with two attached hydrogens (primary N) is 1. The van der Waals surface area contributed by atoms with E-state index in [1.54, 1.807) is 38.1 Å². The maximum atomic E-state index is 13.5. The predicted molar refractivity (Wildman–Crippen MR) is 255 cm³/mol. The number of urea groups is 1. The van der Waals surface area contributed by atoms with E-state index in [-0.39, 0.29) is 44.3 Å². The first kappa shape index (κ1) is 61.5. The van der Waals surface area contributed by atoms with Crippen LogP contribution in [0.15, 0.2) is 46.4 Å². The summed E-state index contributed by atoms with van der Waals surface area (Å²) in [5.74, 6) is -1.64. The lowest BCUT2D eigenvalue weighted by atomic mass is 10.0. The van der Waals surface area contributed by atoms with Crippen molar-refractivity contribution in [2.75, 3.05) is 124 Å². The predicted octanol–water partition coefficient (Wildman–Crippen LogP) is 2.72. The summed E-state index contributed by atoms with van der Waals surface area (Å²) in [6.45, 7) is 16.2. The summed E-state index contributed by atoms with van der Waals surface area (Å²) in [5.41, 5.74) is 14.5. The molecule has 1 aromatic carbocycles. The van der Waals surface area contributed by atoms with Crippen molar-refractivity contribution in [1.82, 2.24) is 26.6 Å². The van der Waals surface area contributed by atoms with Gasteiger partial charge < -0.3 is 80.4 Å². The van der Waals surface area contributed by atoms with Crippen LogP contribution in [0.4, 0.5) is 15.3 Å². The van der Waals surface area contributed by atoms with Gasteiger partial charge in [-0.25, -0.2) is 15.1 Å². The highest BCUT2D eigenvalue weighted by molar-refractivity contribution is 5.98. The molecule has 0 heterocycles. The summed E-state index contributed by atoms with van der Waals surface area (Å²) < 4.78 is 43.5. The molecule has 0 bridgehead atoms. The topological polar surface area (TPSA) is 315 Å². The van der Waals surface area contributed by atoms with Crippen LogP contribution < -0.4 is 37.6 Å². The summed E-state index contributed by atoms with van der Waals surface area (Å²) in [6, 6.07) is 3.78. The van der Waals surface area contributed by atoms with Crippen molar-refractivity contribution in [3.8, 4) is 0 Å². The molecule has 0 saturated carbocycles.